The van der Waals surface area contributed by atoms with E-state index in [2.05, 4.69) is 84.1 Å². The van der Waals surface area contributed by atoms with E-state index in [9.17, 15) is 0 Å². The number of hydrogen-bond acceptors (Lipinski definition) is 8. The summed E-state index contributed by atoms with van der Waals surface area (Å²) in [4.78, 5) is 0. The Morgan fingerprint density at radius 2 is 0.895 bits per heavy atom. The molecule has 0 unspecified atom stereocenters. The summed E-state index contributed by atoms with van der Waals surface area (Å²) >= 11 is 14.0. The van der Waals surface area contributed by atoms with Gasteiger partial charge in [0, 0.05) is 41.9 Å². The highest BCUT2D eigenvalue weighted by Crippen LogP contribution is 2.35. The van der Waals surface area contributed by atoms with E-state index in [-0.39, 0.29) is 0 Å². The SMILES string of the molecule is Brc1ccc(-c2ccc(-c3nnc(CCc4nnc(-c5ccc(-c6ccc(Br)cc6Br)o5)o4)o3)o2)c(Br)c1. The Bertz CT molecular complexity index is 1630. The lowest BCUT2D eigenvalue weighted by atomic mass is 10.2. The molecule has 0 radical (unpaired) electrons. The average Bonchev–Trinajstić information content (AvgIpc) is 3.69. The molecule has 0 spiro atoms. The maximum Gasteiger partial charge on any atom is 0.283 e. The Morgan fingerprint density at radius 3 is 1.32 bits per heavy atom. The molecule has 38 heavy (non-hydrogen) atoms. The zero-order chi connectivity index (χ0) is 26.2. The van der Waals surface area contributed by atoms with E-state index in [0.29, 0.717) is 59.4 Å². The molecule has 190 valence electrons. The fourth-order valence-electron chi connectivity index (χ4n) is 3.70. The first kappa shape index (κ1) is 25.5. The van der Waals surface area contributed by atoms with Gasteiger partial charge < -0.3 is 17.7 Å². The number of halogens is 4. The highest BCUT2D eigenvalue weighted by Gasteiger charge is 2.18. The average molecular weight is 766 g/mol. The predicted octanol–water partition coefficient (Wildman–Crippen LogP) is 9.14. The van der Waals surface area contributed by atoms with Gasteiger partial charge in [0.15, 0.2) is 11.5 Å². The third-order valence-electron chi connectivity index (χ3n) is 5.51. The van der Waals surface area contributed by atoms with Crippen LogP contribution >= 0.6 is 63.7 Å². The molecule has 0 aliphatic rings. The van der Waals surface area contributed by atoms with E-state index >= 15 is 0 Å². The number of aromatic nitrogens is 4. The molecule has 4 heterocycles. The summed E-state index contributed by atoms with van der Waals surface area (Å²) in [7, 11) is 0. The monoisotopic (exact) mass is 762 g/mol. The Morgan fingerprint density at radius 1 is 0.474 bits per heavy atom. The Kier molecular flexibility index (Phi) is 7.21. The summed E-state index contributed by atoms with van der Waals surface area (Å²) in [5.74, 6) is 3.81. The van der Waals surface area contributed by atoms with Crippen molar-refractivity contribution < 1.29 is 17.7 Å². The fraction of sp³-hybridized carbons (Fsp3) is 0.0769. The first-order chi connectivity index (χ1) is 18.4. The van der Waals surface area contributed by atoms with Gasteiger partial charge in [-0.1, -0.05) is 31.9 Å². The lowest BCUT2D eigenvalue weighted by Gasteiger charge is -2.01. The molecule has 4 aromatic heterocycles. The largest absolute Gasteiger partial charge is 0.451 e. The lowest BCUT2D eigenvalue weighted by Crippen LogP contribution is -1.91. The second-order valence-electron chi connectivity index (χ2n) is 8.08. The van der Waals surface area contributed by atoms with Crippen LogP contribution in [-0.4, -0.2) is 20.4 Å². The van der Waals surface area contributed by atoms with Crippen LogP contribution in [0.15, 0.2) is 96.2 Å². The fourth-order valence-corrected chi connectivity index (χ4v) is 6.18. The first-order valence-corrected chi connectivity index (χ1v) is 14.4. The van der Waals surface area contributed by atoms with E-state index in [4.69, 9.17) is 17.7 Å². The van der Waals surface area contributed by atoms with Crippen molar-refractivity contribution in [3.05, 3.63) is 90.3 Å². The molecule has 6 rings (SSSR count). The minimum Gasteiger partial charge on any atom is -0.451 e. The summed E-state index contributed by atoms with van der Waals surface area (Å²) in [5.41, 5.74) is 1.83. The molecule has 0 bridgehead atoms. The van der Waals surface area contributed by atoms with Crippen LogP contribution in [0, 0.1) is 0 Å². The van der Waals surface area contributed by atoms with Crippen LogP contribution in [0.3, 0.4) is 0 Å². The molecule has 0 atom stereocenters. The molecular weight excluding hydrogens is 752 g/mol. The standard InChI is InChI=1S/C26H14Br4N4O4/c27-13-1-3-15(17(29)11-13)19-5-7-21(35-19)25-33-31-23(37-25)9-10-24-32-34-26(38-24)22-8-6-20(36-22)16-4-2-14(28)12-18(16)30/h1-8,11-12H,9-10H2. The third kappa shape index (κ3) is 5.35. The topological polar surface area (TPSA) is 104 Å². The van der Waals surface area contributed by atoms with Crippen molar-refractivity contribution in [3.63, 3.8) is 0 Å². The van der Waals surface area contributed by atoms with E-state index in [1.165, 1.54) is 0 Å². The van der Waals surface area contributed by atoms with Crippen LogP contribution in [0.2, 0.25) is 0 Å². The highest BCUT2D eigenvalue weighted by atomic mass is 79.9. The second kappa shape index (κ2) is 10.8. The van der Waals surface area contributed by atoms with E-state index in [1.807, 2.05) is 48.5 Å². The van der Waals surface area contributed by atoms with Crippen molar-refractivity contribution in [1.82, 2.24) is 20.4 Å². The van der Waals surface area contributed by atoms with Crippen molar-refractivity contribution in [3.8, 4) is 45.9 Å². The molecular formula is C26H14Br4N4O4. The minimum atomic E-state index is 0.299. The van der Waals surface area contributed by atoms with Crippen LogP contribution in [0.4, 0.5) is 0 Å². The second-order valence-corrected chi connectivity index (χ2v) is 11.6. The van der Waals surface area contributed by atoms with Gasteiger partial charge >= 0.3 is 0 Å². The summed E-state index contributed by atoms with van der Waals surface area (Å²) in [6, 6.07) is 19.0. The van der Waals surface area contributed by atoms with Gasteiger partial charge in [-0.2, -0.15) is 0 Å². The molecule has 12 heteroatoms. The smallest absolute Gasteiger partial charge is 0.283 e. The molecule has 0 amide bonds. The number of rotatable bonds is 7. The van der Waals surface area contributed by atoms with Crippen molar-refractivity contribution in [2.45, 2.75) is 12.8 Å². The van der Waals surface area contributed by atoms with Gasteiger partial charge in [-0.15, -0.1) is 20.4 Å². The maximum atomic E-state index is 5.95. The number of aryl methyl sites for hydroxylation is 2. The minimum absolute atomic E-state index is 0.299. The Hall–Kier alpha value is -2.80. The van der Waals surface area contributed by atoms with Crippen molar-refractivity contribution in [1.29, 1.82) is 0 Å². The Labute approximate surface area is 249 Å². The van der Waals surface area contributed by atoms with Gasteiger partial charge in [-0.3, -0.25) is 0 Å². The summed E-state index contributed by atoms with van der Waals surface area (Å²) in [6.07, 6.45) is 0.853. The van der Waals surface area contributed by atoms with Gasteiger partial charge in [-0.05, 0) is 92.5 Å². The highest BCUT2D eigenvalue weighted by molar-refractivity contribution is 9.11. The van der Waals surface area contributed by atoms with E-state index in [0.717, 1.165) is 29.0 Å². The van der Waals surface area contributed by atoms with Crippen LogP contribution in [-0.2, 0) is 12.8 Å². The molecule has 2 aromatic carbocycles. The van der Waals surface area contributed by atoms with Gasteiger partial charge in [0.25, 0.3) is 11.8 Å². The molecule has 0 saturated heterocycles. The van der Waals surface area contributed by atoms with Crippen LogP contribution in [0.25, 0.3) is 45.9 Å². The number of nitrogens with zero attached hydrogens (tertiary/aromatic N) is 4. The number of furan rings is 2. The summed E-state index contributed by atoms with van der Waals surface area (Å²) in [6.45, 7) is 0. The lowest BCUT2D eigenvalue weighted by molar-refractivity contribution is 0.452. The van der Waals surface area contributed by atoms with Crippen LogP contribution in [0.1, 0.15) is 11.8 Å². The zero-order valence-corrected chi connectivity index (χ0v) is 25.5. The van der Waals surface area contributed by atoms with Crippen LogP contribution < -0.4 is 0 Å². The number of benzene rings is 2. The molecule has 0 aliphatic heterocycles. The number of hydrogen-bond donors (Lipinski definition) is 0. The van der Waals surface area contributed by atoms with Crippen LogP contribution in [0.5, 0.6) is 0 Å². The molecule has 6 aromatic rings. The molecule has 0 saturated carbocycles. The zero-order valence-electron chi connectivity index (χ0n) is 19.1. The summed E-state index contributed by atoms with van der Waals surface area (Å²) < 4.78 is 27.3. The summed E-state index contributed by atoms with van der Waals surface area (Å²) in [5, 5.41) is 16.5. The first-order valence-electron chi connectivity index (χ1n) is 11.2. The third-order valence-corrected chi connectivity index (χ3v) is 7.81. The maximum absolute atomic E-state index is 5.95. The molecule has 0 aliphatic carbocycles. The van der Waals surface area contributed by atoms with Gasteiger partial charge in [0.05, 0.1) is 0 Å². The normalized spacial score (nSPS) is 11.4. The van der Waals surface area contributed by atoms with E-state index < -0.39 is 0 Å². The van der Waals surface area contributed by atoms with Gasteiger partial charge in [0.1, 0.15) is 11.5 Å². The van der Waals surface area contributed by atoms with Gasteiger partial charge in [-0.25, -0.2) is 0 Å². The van der Waals surface area contributed by atoms with Crippen molar-refractivity contribution in [2.24, 2.45) is 0 Å². The van der Waals surface area contributed by atoms with Crippen molar-refractivity contribution >= 4 is 63.7 Å². The van der Waals surface area contributed by atoms with Crippen molar-refractivity contribution in [2.75, 3.05) is 0 Å². The predicted molar refractivity (Wildman–Crippen MR) is 153 cm³/mol. The molecule has 0 fully saturated rings. The Balaban J connectivity index is 1.11. The van der Waals surface area contributed by atoms with E-state index in [1.54, 1.807) is 12.1 Å². The molecule has 0 N–H and O–H groups in total. The van der Waals surface area contributed by atoms with Gasteiger partial charge in [0.2, 0.25) is 11.8 Å². The molecule has 8 nitrogen and oxygen atoms in total. The quantitative estimate of drug-likeness (QED) is 0.159.